The second kappa shape index (κ2) is 9.03. The number of thiophene rings is 1. The summed E-state index contributed by atoms with van der Waals surface area (Å²) in [5.74, 6) is 1.98. The van der Waals surface area contributed by atoms with Gasteiger partial charge in [0.05, 0.1) is 25.7 Å². The number of benzene rings is 1. The van der Waals surface area contributed by atoms with E-state index in [1.54, 1.807) is 25.2 Å². The third-order valence-corrected chi connectivity index (χ3v) is 6.14. The van der Waals surface area contributed by atoms with Gasteiger partial charge in [0.2, 0.25) is 0 Å². The molecule has 3 aromatic rings. The van der Waals surface area contributed by atoms with E-state index >= 15 is 0 Å². The fourth-order valence-corrected chi connectivity index (χ4v) is 4.39. The van der Waals surface area contributed by atoms with Gasteiger partial charge in [0.1, 0.15) is 21.8 Å². The van der Waals surface area contributed by atoms with E-state index in [2.05, 4.69) is 20.2 Å². The van der Waals surface area contributed by atoms with Crippen molar-refractivity contribution in [2.45, 2.75) is 0 Å². The first-order valence-electron chi connectivity index (χ1n) is 9.55. The summed E-state index contributed by atoms with van der Waals surface area (Å²) in [6.07, 6.45) is 0. The van der Waals surface area contributed by atoms with Gasteiger partial charge in [0, 0.05) is 50.1 Å². The summed E-state index contributed by atoms with van der Waals surface area (Å²) in [5.41, 5.74) is 1.62. The molecule has 0 atom stereocenters. The lowest BCUT2D eigenvalue weighted by atomic mass is 10.2. The predicted octanol–water partition coefficient (Wildman–Crippen LogP) is 3.72. The minimum Gasteiger partial charge on any atom is -0.497 e. The van der Waals surface area contributed by atoms with Crippen molar-refractivity contribution in [3.8, 4) is 17.4 Å². The largest absolute Gasteiger partial charge is 0.497 e. The molecular weight excluding hydrogens is 442 g/mol. The van der Waals surface area contributed by atoms with Gasteiger partial charge in [0.25, 0.3) is 5.88 Å². The lowest BCUT2D eigenvalue weighted by Crippen LogP contribution is -2.50. The normalized spacial score (nSPS) is 13.9. The van der Waals surface area contributed by atoms with Crippen molar-refractivity contribution in [3.63, 3.8) is 0 Å². The lowest BCUT2D eigenvalue weighted by molar-refractivity contribution is 0.208. The van der Waals surface area contributed by atoms with Crippen LogP contribution in [0.15, 0.2) is 24.3 Å². The van der Waals surface area contributed by atoms with Crippen molar-refractivity contribution < 1.29 is 19.0 Å². The van der Waals surface area contributed by atoms with Crippen molar-refractivity contribution >= 4 is 50.8 Å². The molecule has 0 radical (unpaired) electrons. The van der Waals surface area contributed by atoms with Crippen LogP contribution in [0.4, 0.5) is 16.3 Å². The maximum atomic E-state index is 12.8. The molecule has 3 heterocycles. The molecule has 0 unspecified atom stereocenters. The molecule has 1 aromatic carbocycles. The van der Waals surface area contributed by atoms with Crippen LogP contribution < -0.4 is 24.4 Å². The molecule has 1 saturated heterocycles. The number of anilines is 2. The average Bonchev–Trinajstić information content (AvgIpc) is 3.16. The standard InChI is InChI=1S/C20H22ClN5O4S/c1-28-13-8-12(9-14(10-13)29-2)25-4-6-26(7-5-25)20(27)24-17-18(30-3)22-15-11-16(21)31-19(15)23-17/h8-11H,4-7H2,1-3H3,(H,23,24,27). The van der Waals surface area contributed by atoms with Crippen LogP contribution in [0, 0.1) is 0 Å². The number of rotatable bonds is 5. The average molecular weight is 464 g/mol. The highest BCUT2D eigenvalue weighted by atomic mass is 35.5. The van der Waals surface area contributed by atoms with Crippen LogP contribution in [0.3, 0.4) is 0 Å². The molecule has 164 valence electrons. The zero-order valence-electron chi connectivity index (χ0n) is 17.3. The van der Waals surface area contributed by atoms with Crippen LogP contribution in [0.2, 0.25) is 4.34 Å². The Labute approximate surface area is 188 Å². The van der Waals surface area contributed by atoms with Gasteiger partial charge in [-0.05, 0) is 6.07 Å². The first-order valence-corrected chi connectivity index (χ1v) is 10.7. The van der Waals surface area contributed by atoms with Crippen LogP contribution >= 0.6 is 22.9 Å². The fourth-order valence-electron chi connectivity index (χ4n) is 3.36. The fraction of sp³-hybridized carbons (Fsp3) is 0.350. The van der Waals surface area contributed by atoms with Crippen molar-refractivity contribution in [3.05, 3.63) is 28.6 Å². The number of nitrogens with zero attached hydrogens (tertiary/aromatic N) is 4. The SMILES string of the molecule is COc1cc(OC)cc(N2CCN(C(=O)Nc3nc4sc(Cl)cc4nc3OC)CC2)c1. The molecule has 2 amide bonds. The number of carbonyl (C=O) groups is 1. The summed E-state index contributed by atoms with van der Waals surface area (Å²) >= 11 is 7.34. The third-order valence-electron chi connectivity index (χ3n) is 4.99. The smallest absolute Gasteiger partial charge is 0.323 e. The van der Waals surface area contributed by atoms with Crippen molar-refractivity contribution in [2.75, 3.05) is 57.7 Å². The van der Waals surface area contributed by atoms with E-state index in [0.29, 0.717) is 40.9 Å². The second-order valence-electron chi connectivity index (χ2n) is 6.80. The van der Waals surface area contributed by atoms with Gasteiger partial charge in [0.15, 0.2) is 5.82 Å². The molecule has 1 aliphatic rings. The van der Waals surface area contributed by atoms with Crippen molar-refractivity contribution in [1.82, 2.24) is 14.9 Å². The summed E-state index contributed by atoms with van der Waals surface area (Å²) in [4.78, 5) is 26.2. The van der Waals surface area contributed by atoms with E-state index in [4.69, 9.17) is 25.8 Å². The number of halogens is 1. The van der Waals surface area contributed by atoms with Gasteiger partial charge < -0.3 is 24.0 Å². The Morgan fingerprint density at radius 1 is 1.00 bits per heavy atom. The number of aromatic nitrogens is 2. The number of urea groups is 1. The van der Waals surface area contributed by atoms with Crippen LogP contribution in [-0.2, 0) is 0 Å². The first kappa shape index (κ1) is 21.3. The molecule has 11 heteroatoms. The number of methoxy groups -OCH3 is 3. The molecule has 0 bridgehead atoms. The van der Waals surface area contributed by atoms with E-state index in [1.165, 1.54) is 18.4 Å². The summed E-state index contributed by atoms with van der Waals surface area (Å²) in [7, 11) is 4.74. The molecule has 1 N–H and O–H groups in total. The quantitative estimate of drug-likeness (QED) is 0.616. The summed E-state index contributed by atoms with van der Waals surface area (Å²) in [6.45, 7) is 2.45. The Balaban J connectivity index is 1.44. The number of hydrogen-bond donors (Lipinski definition) is 1. The second-order valence-corrected chi connectivity index (χ2v) is 8.46. The van der Waals surface area contributed by atoms with Crippen LogP contribution in [0.5, 0.6) is 17.4 Å². The van der Waals surface area contributed by atoms with Gasteiger partial charge in [-0.2, -0.15) is 0 Å². The van der Waals surface area contributed by atoms with Gasteiger partial charge in [-0.3, -0.25) is 5.32 Å². The van der Waals surface area contributed by atoms with Crippen LogP contribution in [0.25, 0.3) is 10.3 Å². The predicted molar refractivity (Wildman–Crippen MR) is 121 cm³/mol. The molecule has 9 nitrogen and oxygen atoms in total. The van der Waals surface area contributed by atoms with Gasteiger partial charge in [-0.25, -0.2) is 14.8 Å². The number of carbonyl (C=O) groups excluding carboxylic acids is 1. The number of fused-ring (bicyclic) bond motifs is 1. The first-order chi connectivity index (χ1) is 15.0. The highest BCUT2D eigenvalue weighted by Crippen LogP contribution is 2.32. The number of piperazine rings is 1. The van der Waals surface area contributed by atoms with Crippen LogP contribution in [0.1, 0.15) is 0 Å². The maximum absolute atomic E-state index is 12.8. The molecular formula is C20H22ClN5O4S. The van der Waals surface area contributed by atoms with E-state index in [1.807, 2.05) is 18.2 Å². The number of amides is 2. The molecule has 1 aliphatic heterocycles. The highest BCUT2D eigenvalue weighted by molar-refractivity contribution is 7.22. The Bertz CT molecular complexity index is 1080. The van der Waals surface area contributed by atoms with E-state index in [0.717, 1.165) is 17.2 Å². The van der Waals surface area contributed by atoms with Crippen LogP contribution in [-0.4, -0.2) is 68.4 Å². The molecule has 4 rings (SSSR count). The molecule has 0 aliphatic carbocycles. The minimum absolute atomic E-state index is 0.248. The van der Waals surface area contributed by atoms with Crippen molar-refractivity contribution in [1.29, 1.82) is 0 Å². The highest BCUT2D eigenvalue weighted by Gasteiger charge is 2.24. The summed E-state index contributed by atoms with van der Waals surface area (Å²) in [5, 5.41) is 2.82. The Hall–Kier alpha value is -2.98. The topological polar surface area (TPSA) is 89.1 Å². The molecule has 1 fully saturated rings. The molecule has 0 spiro atoms. The number of nitrogens with one attached hydrogen (secondary N) is 1. The van der Waals surface area contributed by atoms with Gasteiger partial charge >= 0.3 is 6.03 Å². The molecule has 31 heavy (non-hydrogen) atoms. The minimum atomic E-state index is -0.252. The zero-order chi connectivity index (χ0) is 22.0. The molecule has 2 aromatic heterocycles. The Kier molecular flexibility index (Phi) is 6.19. The zero-order valence-corrected chi connectivity index (χ0v) is 18.9. The summed E-state index contributed by atoms with van der Waals surface area (Å²) < 4.78 is 16.6. The maximum Gasteiger partial charge on any atom is 0.323 e. The van der Waals surface area contributed by atoms with Crippen molar-refractivity contribution in [2.24, 2.45) is 0 Å². The van der Waals surface area contributed by atoms with E-state index in [9.17, 15) is 4.79 Å². The van der Waals surface area contributed by atoms with E-state index in [-0.39, 0.29) is 17.7 Å². The Morgan fingerprint density at radius 3 is 2.29 bits per heavy atom. The number of ether oxygens (including phenoxy) is 3. The monoisotopic (exact) mass is 463 g/mol. The summed E-state index contributed by atoms with van der Waals surface area (Å²) in [6, 6.07) is 7.21. The third kappa shape index (κ3) is 4.54. The molecule has 0 saturated carbocycles. The van der Waals surface area contributed by atoms with Gasteiger partial charge in [-0.15, -0.1) is 11.3 Å². The van der Waals surface area contributed by atoms with Gasteiger partial charge in [-0.1, -0.05) is 11.6 Å². The van der Waals surface area contributed by atoms with E-state index < -0.39 is 0 Å². The lowest BCUT2D eigenvalue weighted by Gasteiger charge is -2.36. The Morgan fingerprint density at radius 2 is 1.68 bits per heavy atom. The number of hydrogen-bond acceptors (Lipinski definition) is 8.